The van der Waals surface area contributed by atoms with Gasteiger partial charge in [-0.3, -0.25) is 4.79 Å². The van der Waals surface area contributed by atoms with E-state index in [9.17, 15) is 4.79 Å². The molecule has 0 aromatic rings. The van der Waals surface area contributed by atoms with Crippen LogP contribution in [0.3, 0.4) is 0 Å². The molecule has 0 spiro atoms. The zero-order valence-corrected chi connectivity index (χ0v) is 18.8. The van der Waals surface area contributed by atoms with E-state index in [1.807, 2.05) is 26.8 Å². The molecule has 0 saturated heterocycles. The Morgan fingerprint density at radius 2 is 1.93 bits per heavy atom. The predicted octanol–water partition coefficient (Wildman–Crippen LogP) is 7.38. The van der Waals surface area contributed by atoms with Gasteiger partial charge in [0.25, 0.3) is 0 Å². The third kappa shape index (κ3) is 3.42. The molecule has 1 saturated carbocycles. The van der Waals surface area contributed by atoms with Crippen molar-refractivity contribution in [2.75, 3.05) is 0 Å². The Bertz CT molecular complexity index is 787. The van der Waals surface area contributed by atoms with Crippen molar-refractivity contribution in [3.8, 4) is 0 Å². The number of hydrogen-bond donors (Lipinski definition) is 0. The van der Waals surface area contributed by atoms with Crippen molar-refractivity contribution >= 4 is 5.78 Å². The lowest BCUT2D eigenvalue weighted by molar-refractivity contribution is -0.110. The molecule has 5 aliphatic carbocycles. The quantitative estimate of drug-likeness (QED) is 0.435. The van der Waals surface area contributed by atoms with E-state index in [4.69, 9.17) is 0 Å². The van der Waals surface area contributed by atoms with Gasteiger partial charge in [-0.15, -0.1) is 6.58 Å². The summed E-state index contributed by atoms with van der Waals surface area (Å²) < 4.78 is 0. The second-order valence-electron chi connectivity index (χ2n) is 9.21. The van der Waals surface area contributed by atoms with Gasteiger partial charge in [0.2, 0.25) is 0 Å². The van der Waals surface area contributed by atoms with Crippen LogP contribution in [0.1, 0.15) is 73.6 Å². The molecule has 5 atom stereocenters. The van der Waals surface area contributed by atoms with Crippen LogP contribution in [0.15, 0.2) is 58.7 Å². The molecule has 1 nitrogen and oxygen atoms in total. The van der Waals surface area contributed by atoms with Crippen molar-refractivity contribution in [2.24, 2.45) is 29.1 Å². The summed E-state index contributed by atoms with van der Waals surface area (Å²) in [6.45, 7) is 16.6. The highest BCUT2D eigenvalue weighted by Crippen LogP contribution is 2.67. The standard InChI is InChI=1S/C20H22O.C5H10.C2H6/c1-11-3-4-14-13(11)5-6-17-19(14)16-10-15(16)18-9-12(21)7-8-20(17,18)2;1-4-5(2)3;1-2/h4,7-9,11,13,15-16H,3,5-6,10H2,1-2H3;2,4H2,1,3H3;1-2H3. The van der Waals surface area contributed by atoms with E-state index < -0.39 is 0 Å². The molecule has 1 fully saturated rings. The lowest BCUT2D eigenvalue weighted by atomic mass is 9.60. The fourth-order valence-electron chi connectivity index (χ4n) is 5.59. The van der Waals surface area contributed by atoms with E-state index in [2.05, 4.69) is 39.5 Å². The Kier molecular flexibility index (Phi) is 6.03. The first-order chi connectivity index (χ1) is 13.4. The van der Waals surface area contributed by atoms with Crippen molar-refractivity contribution in [3.63, 3.8) is 0 Å². The van der Waals surface area contributed by atoms with E-state index in [0.29, 0.717) is 5.92 Å². The van der Waals surface area contributed by atoms with Crippen LogP contribution in [0.2, 0.25) is 0 Å². The van der Waals surface area contributed by atoms with Gasteiger partial charge in [0, 0.05) is 5.41 Å². The molecule has 0 amide bonds. The smallest absolute Gasteiger partial charge is 0.178 e. The van der Waals surface area contributed by atoms with Crippen LogP contribution in [-0.2, 0) is 4.79 Å². The van der Waals surface area contributed by atoms with Crippen LogP contribution >= 0.6 is 0 Å². The van der Waals surface area contributed by atoms with Gasteiger partial charge in [0.05, 0.1) is 0 Å². The zero-order chi connectivity index (χ0) is 20.6. The van der Waals surface area contributed by atoms with Crippen molar-refractivity contribution < 1.29 is 4.79 Å². The maximum absolute atomic E-state index is 11.8. The van der Waals surface area contributed by atoms with E-state index >= 15 is 0 Å². The van der Waals surface area contributed by atoms with Crippen LogP contribution in [0, 0.1) is 29.1 Å². The molecule has 0 aromatic heterocycles. The minimum absolute atomic E-state index is 0.0402. The average Bonchev–Trinajstić information content (AvgIpc) is 3.41. The lowest BCUT2D eigenvalue weighted by Gasteiger charge is -2.44. The molecular weight excluding hydrogens is 340 g/mol. The molecule has 5 aliphatic rings. The van der Waals surface area contributed by atoms with Crippen molar-refractivity contribution in [1.29, 1.82) is 0 Å². The number of carbonyl (C=O) groups is 1. The SMILES string of the molecule is C=C(C)CC.CC.CC1CC=C2C3=C(CCC21)C1(C)C=CC(=O)C=C1C1CC31. The van der Waals surface area contributed by atoms with Crippen molar-refractivity contribution in [1.82, 2.24) is 0 Å². The predicted molar refractivity (Wildman–Crippen MR) is 120 cm³/mol. The highest BCUT2D eigenvalue weighted by Gasteiger charge is 2.57. The van der Waals surface area contributed by atoms with Gasteiger partial charge in [0.1, 0.15) is 0 Å². The molecule has 152 valence electrons. The van der Waals surface area contributed by atoms with Crippen LogP contribution in [0.4, 0.5) is 0 Å². The van der Waals surface area contributed by atoms with Crippen molar-refractivity contribution in [3.05, 3.63) is 58.7 Å². The molecule has 0 aromatic carbocycles. The number of ketones is 1. The number of rotatable bonds is 1. The first kappa shape index (κ1) is 21.1. The Morgan fingerprint density at radius 1 is 1.25 bits per heavy atom. The molecule has 1 heteroatoms. The summed E-state index contributed by atoms with van der Waals surface area (Å²) in [4.78, 5) is 11.8. The summed E-state index contributed by atoms with van der Waals surface area (Å²) >= 11 is 0. The van der Waals surface area contributed by atoms with Gasteiger partial charge in [0.15, 0.2) is 5.78 Å². The van der Waals surface area contributed by atoms with Crippen molar-refractivity contribution in [2.45, 2.75) is 73.6 Å². The summed E-state index contributed by atoms with van der Waals surface area (Å²) in [6, 6.07) is 0. The lowest BCUT2D eigenvalue weighted by Crippen LogP contribution is -2.33. The monoisotopic (exact) mass is 378 g/mol. The molecule has 5 unspecified atom stereocenters. The molecule has 5 rings (SSSR count). The minimum atomic E-state index is 0.0402. The third-order valence-corrected chi connectivity index (χ3v) is 7.41. The van der Waals surface area contributed by atoms with Crippen LogP contribution in [-0.4, -0.2) is 5.78 Å². The average molecular weight is 379 g/mol. The first-order valence-corrected chi connectivity index (χ1v) is 11.4. The maximum atomic E-state index is 11.8. The van der Waals surface area contributed by atoms with Gasteiger partial charge < -0.3 is 0 Å². The Labute approximate surface area is 172 Å². The van der Waals surface area contributed by atoms with Gasteiger partial charge in [-0.05, 0) is 98.5 Å². The molecule has 0 radical (unpaired) electrons. The number of carbonyl (C=O) groups excluding carboxylic acids is 1. The highest BCUT2D eigenvalue weighted by molar-refractivity contribution is 6.01. The Balaban J connectivity index is 0.000000284. The minimum Gasteiger partial charge on any atom is -0.290 e. The summed E-state index contributed by atoms with van der Waals surface area (Å²) in [6.07, 6.45) is 14.7. The summed E-state index contributed by atoms with van der Waals surface area (Å²) in [5.41, 5.74) is 7.78. The fraction of sp³-hybridized carbons (Fsp3) is 0.593. The molecule has 0 N–H and O–H groups in total. The zero-order valence-electron chi connectivity index (χ0n) is 18.8. The van der Waals surface area contributed by atoms with E-state index in [-0.39, 0.29) is 11.2 Å². The molecule has 0 bridgehead atoms. The van der Waals surface area contributed by atoms with E-state index in [1.54, 1.807) is 22.8 Å². The number of fused-ring (bicyclic) bond motifs is 7. The van der Waals surface area contributed by atoms with E-state index in [0.717, 1.165) is 24.2 Å². The number of hydrogen-bond acceptors (Lipinski definition) is 1. The van der Waals surface area contributed by atoms with Gasteiger partial charge >= 0.3 is 0 Å². The normalized spacial score (nSPS) is 36.3. The summed E-state index contributed by atoms with van der Waals surface area (Å²) in [7, 11) is 0. The van der Waals surface area contributed by atoms with Gasteiger partial charge in [-0.1, -0.05) is 51.0 Å². The topological polar surface area (TPSA) is 17.1 Å². The van der Waals surface area contributed by atoms with Crippen LogP contribution < -0.4 is 0 Å². The Hall–Kier alpha value is -1.63. The largest absolute Gasteiger partial charge is 0.290 e. The highest BCUT2D eigenvalue weighted by atomic mass is 16.1. The summed E-state index contributed by atoms with van der Waals surface area (Å²) in [5.74, 6) is 3.23. The molecule has 28 heavy (non-hydrogen) atoms. The molecule has 0 aliphatic heterocycles. The van der Waals surface area contributed by atoms with Gasteiger partial charge in [-0.2, -0.15) is 0 Å². The third-order valence-electron chi connectivity index (χ3n) is 7.41. The molecular formula is C27H38O. The fourth-order valence-corrected chi connectivity index (χ4v) is 5.59. The van der Waals surface area contributed by atoms with E-state index in [1.165, 1.54) is 36.8 Å². The van der Waals surface area contributed by atoms with Gasteiger partial charge in [-0.25, -0.2) is 0 Å². The molecule has 0 heterocycles. The van der Waals surface area contributed by atoms with Crippen LogP contribution in [0.25, 0.3) is 0 Å². The number of allylic oxidation sites excluding steroid dienone is 9. The Morgan fingerprint density at radius 3 is 2.57 bits per heavy atom. The second-order valence-corrected chi connectivity index (χ2v) is 9.21. The maximum Gasteiger partial charge on any atom is 0.178 e. The summed E-state index contributed by atoms with van der Waals surface area (Å²) in [5, 5.41) is 0. The van der Waals surface area contributed by atoms with Crippen LogP contribution in [0.5, 0.6) is 0 Å². The first-order valence-electron chi connectivity index (χ1n) is 11.4. The second kappa shape index (κ2) is 8.01.